The summed E-state index contributed by atoms with van der Waals surface area (Å²) < 4.78 is 33.8. The van der Waals surface area contributed by atoms with E-state index in [1.165, 1.54) is 21.3 Å². The summed E-state index contributed by atoms with van der Waals surface area (Å²) in [7, 11) is 7.63. The molecule has 1 aromatic carbocycles. The number of aliphatic hydroxyl groups is 1. The highest BCUT2D eigenvalue weighted by atomic mass is 16.6. The van der Waals surface area contributed by atoms with Crippen molar-refractivity contribution in [3.63, 3.8) is 0 Å². The number of carbonyl (C=O) groups is 2. The van der Waals surface area contributed by atoms with Crippen molar-refractivity contribution in [2.75, 3.05) is 40.9 Å². The van der Waals surface area contributed by atoms with Crippen molar-refractivity contribution >= 4 is 17.7 Å². The van der Waals surface area contributed by atoms with Gasteiger partial charge in [0.1, 0.15) is 11.9 Å². The molecule has 4 N–H and O–H groups in total. The minimum absolute atomic E-state index is 0.0166. The van der Waals surface area contributed by atoms with Crippen LogP contribution in [-0.2, 0) is 25.4 Å². The van der Waals surface area contributed by atoms with Crippen molar-refractivity contribution in [2.45, 2.75) is 65.0 Å². The van der Waals surface area contributed by atoms with E-state index in [1.54, 1.807) is 52.4 Å². The highest BCUT2D eigenvalue weighted by molar-refractivity contribution is 6.04. The molecule has 1 aromatic rings. The van der Waals surface area contributed by atoms with Gasteiger partial charge in [-0.1, -0.05) is 38.2 Å². The Hall–Kier alpha value is -3.54. The van der Waals surface area contributed by atoms with Crippen LogP contribution >= 0.6 is 0 Å². The number of nitrogens with two attached hydrogens (primary N) is 1. The normalized spacial score (nSPS) is 29.2. The van der Waals surface area contributed by atoms with E-state index in [2.05, 4.69) is 5.32 Å². The molecule has 0 fully saturated rings. The molecule has 1 aliphatic heterocycles. The number of hydrogen-bond acceptors (Lipinski definition) is 9. The van der Waals surface area contributed by atoms with Gasteiger partial charge in [0, 0.05) is 37.3 Å². The summed E-state index contributed by atoms with van der Waals surface area (Å²) in [6.07, 6.45) is 3.73. The van der Waals surface area contributed by atoms with Gasteiger partial charge in [0.25, 0.3) is 5.91 Å². The van der Waals surface area contributed by atoms with Crippen LogP contribution in [0.15, 0.2) is 41.5 Å². The summed E-state index contributed by atoms with van der Waals surface area (Å²) in [4.78, 5) is 25.0. The summed E-state index contributed by atoms with van der Waals surface area (Å²) in [5.74, 6) is 0.616. The fourth-order valence-electron chi connectivity index (χ4n) is 5.17. The van der Waals surface area contributed by atoms with Gasteiger partial charge in [-0.05, 0) is 38.2 Å². The first-order valence-electron chi connectivity index (χ1n) is 13.8. The monoisotopic (exact) mass is 590 g/mol. The number of carbonyl (C=O) groups excluding carboxylic acids is 2. The van der Waals surface area contributed by atoms with E-state index in [9.17, 15) is 14.7 Å². The number of methoxy groups -OCH3 is 5. The summed E-state index contributed by atoms with van der Waals surface area (Å²) in [5.41, 5.74) is 7.53. The fourth-order valence-corrected chi connectivity index (χ4v) is 5.17. The van der Waals surface area contributed by atoms with Crippen LogP contribution in [0.4, 0.5) is 10.5 Å². The van der Waals surface area contributed by atoms with Crippen molar-refractivity contribution in [3.05, 3.63) is 47.1 Å². The van der Waals surface area contributed by atoms with Gasteiger partial charge in [0.05, 0.1) is 39.2 Å². The Morgan fingerprint density at radius 2 is 1.69 bits per heavy atom. The molecule has 42 heavy (non-hydrogen) atoms. The van der Waals surface area contributed by atoms with Crippen LogP contribution in [-0.4, -0.2) is 77.1 Å². The zero-order valence-corrected chi connectivity index (χ0v) is 26.1. The lowest BCUT2D eigenvalue weighted by Crippen LogP contribution is -2.37. The molecule has 0 aromatic heterocycles. The number of rotatable bonds is 6. The van der Waals surface area contributed by atoms with Crippen LogP contribution in [0.3, 0.4) is 0 Å². The average Bonchev–Trinajstić information content (AvgIpc) is 2.95. The van der Waals surface area contributed by atoms with Gasteiger partial charge < -0.3 is 44.6 Å². The molecule has 0 aliphatic carbocycles. The zero-order chi connectivity index (χ0) is 31.6. The van der Waals surface area contributed by atoms with E-state index in [0.29, 0.717) is 52.5 Å². The second kappa shape index (κ2) is 16.2. The number of amides is 2. The molecule has 11 heteroatoms. The number of allylic oxidation sites excluding steroid dienone is 2. The van der Waals surface area contributed by atoms with E-state index < -0.39 is 30.5 Å². The van der Waals surface area contributed by atoms with Gasteiger partial charge in [0.2, 0.25) is 0 Å². The van der Waals surface area contributed by atoms with Gasteiger partial charge in [-0.15, -0.1) is 0 Å². The number of ether oxygens (including phenoxy) is 6. The fraction of sp³-hybridized carbons (Fsp3) is 0.548. The van der Waals surface area contributed by atoms with Gasteiger partial charge in [-0.3, -0.25) is 4.79 Å². The first-order chi connectivity index (χ1) is 19.9. The molecular formula is C31H46N2O9. The molecule has 6 unspecified atom stereocenters. The minimum Gasteiger partial charge on any atom is -0.494 e. The Labute approximate surface area is 248 Å². The lowest BCUT2D eigenvalue weighted by atomic mass is 9.87. The molecular weight excluding hydrogens is 544 g/mol. The standard InChI is InChI=1S/C31H46N2O9/c1-17-13-21-28(40-8)22(16-25(39-7)29(21)41-9)33-30(35)18(2)11-10-12-23(37-5)27(42-31(32)36)20(4)15-19(3)26(34)24(14-17)38-6/h10-12,15-17,19,23-24,26-27,34H,13-14H2,1-9H3,(H2,32,36)(H,33,35)/b12-10-,18-11+,20-15+. The third kappa shape index (κ3) is 8.73. The first-order valence-corrected chi connectivity index (χ1v) is 13.8. The summed E-state index contributed by atoms with van der Waals surface area (Å²) in [6.45, 7) is 7.33. The van der Waals surface area contributed by atoms with Crippen molar-refractivity contribution in [1.29, 1.82) is 0 Å². The van der Waals surface area contributed by atoms with Crippen LogP contribution in [0.25, 0.3) is 0 Å². The highest BCUT2D eigenvalue weighted by Gasteiger charge is 2.30. The number of fused-ring (bicyclic) bond motifs is 2. The van der Waals surface area contributed by atoms with Crippen LogP contribution in [0.2, 0.25) is 0 Å². The maximum atomic E-state index is 13.2. The number of benzene rings is 1. The smallest absolute Gasteiger partial charge is 0.405 e. The van der Waals surface area contributed by atoms with Crippen LogP contribution in [0.1, 0.15) is 39.7 Å². The minimum atomic E-state index is -0.967. The Balaban J connectivity index is 2.72. The van der Waals surface area contributed by atoms with E-state index in [-0.39, 0.29) is 17.7 Å². The van der Waals surface area contributed by atoms with Crippen molar-refractivity contribution in [3.8, 4) is 17.2 Å². The molecule has 2 bridgehead atoms. The van der Waals surface area contributed by atoms with Crippen molar-refractivity contribution < 1.29 is 43.1 Å². The molecule has 1 heterocycles. The summed E-state index contributed by atoms with van der Waals surface area (Å²) in [5, 5.41) is 14.2. The quantitative estimate of drug-likeness (QED) is 0.415. The summed E-state index contributed by atoms with van der Waals surface area (Å²) in [6, 6.07) is 1.65. The Morgan fingerprint density at radius 3 is 2.24 bits per heavy atom. The molecule has 2 amide bonds. The topological polar surface area (TPSA) is 148 Å². The first kappa shape index (κ1) is 34.7. The molecule has 1 aliphatic rings. The predicted octanol–water partition coefficient (Wildman–Crippen LogP) is 4.17. The van der Waals surface area contributed by atoms with E-state index in [1.807, 2.05) is 19.9 Å². The Morgan fingerprint density at radius 1 is 1.02 bits per heavy atom. The molecule has 234 valence electrons. The molecule has 0 saturated carbocycles. The second-order valence-corrected chi connectivity index (χ2v) is 10.5. The second-order valence-electron chi connectivity index (χ2n) is 10.5. The average molecular weight is 591 g/mol. The molecule has 6 atom stereocenters. The molecule has 11 nitrogen and oxygen atoms in total. The number of nitrogens with one attached hydrogen (secondary N) is 1. The molecule has 2 rings (SSSR count). The highest BCUT2D eigenvalue weighted by Crippen LogP contribution is 2.45. The SMILES string of the molecule is COc1cc2c(OC)c(c1OC)CC(C)CC(OC)C(O)C(C)/C=C(\C)C(OC(N)=O)C(OC)/C=C\C=C(/C)C(=O)N2. The number of hydrogen-bond donors (Lipinski definition) is 3. The van der Waals surface area contributed by atoms with Crippen molar-refractivity contribution in [1.82, 2.24) is 0 Å². The molecule has 0 saturated heterocycles. The molecule has 0 spiro atoms. The Bertz CT molecular complexity index is 1180. The van der Waals surface area contributed by atoms with E-state index in [4.69, 9.17) is 34.2 Å². The van der Waals surface area contributed by atoms with Gasteiger partial charge >= 0.3 is 6.09 Å². The van der Waals surface area contributed by atoms with Crippen LogP contribution < -0.4 is 25.3 Å². The third-order valence-electron chi connectivity index (χ3n) is 7.37. The lowest BCUT2D eigenvalue weighted by molar-refractivity contribution is -0.112. The summed E-state index contributed by atoms with van der Waals surface area (Å²) >= 11 is 0. The van der Waals surface area contributed by atoms with Crippen LogP contribution in [0.5, 0.6) is 17.2 Å². The third-order valence-corrected chi connectivity index (χ3v) is 7.37. The zero-order valence-electron chi connectivity index (χ0n) is 26.1. The van der Waals surface area contributed by atoms with E-state index in [0.717, 1.165) is 0 Å². The lowest BCUT2D eigenvalue weighted by Gasteiger charge is -2.30. The van der Waals surface area contributed by atoms with Crippen molar-refractivity contribution in [2.24, 2.45) is 17.6 Å². The van der Waals surface area contributed by atoms with Gasteiger partial charge in [-0.2, -0.15) is 0 Å². The van der Waals surface area contributed by atoms with Crippen LogP contribution in [0, 0.1) is 11.8 Å². The maximum Gasteiger partial charge on any atom is 0.405 e. The number of aliphatic hydroxyl groups excluding tert-OH is 1. The van der Waals surface area contributed by atoms with Gasteiger partial charge in [-0.25, -0.2) is 4.79 Å². The number of primary amides is 1. The predicted molar refractivity (Wildman–Crippen MR) is 160 cm³/mol. The van der Waals surface area contributed by atoms with Gasteiger partial charge in [0.15, 0.2) is 17.6 Å². The Kier molecular flexibility index (Phi) is 13.4. The molecule has 0 radical (unpaired) electrons. The maximum absolute atomic E-state index is 13.2. The van der Waals surface area contributed by atoms with E-state index >= 15 is 0 Å². The largest absolute Gasteiger partial charge is 0.494 e. The number of anilines is 1.